The standard InChI is InChI=1S/C15H15NO4S/c1-10-8-12(16(17)18)9-11(2)15(10)20-13-4-6-14(7-5-13)21-19-3/h4-9H,1-3H3. The van der Waals surface area contributed by atoms with Gasteiger partial charge in [0.1, 0.15) is 11.5 Å². The van der Waals surface area contributed by atoms with E-state index in [2.05, 4.69) is 0 Å². The van der Waals surface area contributed by atoms with E-state index in [-0.39, 0.29) is 5.69 Å². The highest BCUT2D eigenvalue weighted by Crippen LogP contribution is 2.32. The van der Waals surface area contributed by atoms with E-state index in [1.54, 1.807) is 21.0 Å². The van der Waals surface area contributed by atoms with Crippen molar-refractivity contribution in [3.8, 4) is 11.5 Å². The molecule has 0 radical (unpaired) electrons. The molecular weight excluding hydrogens is 290 g/mol. The van der Waals surface area contributed by atoms with Gasteiger partial charge in [-0.05, 0) is 49.2 Å². The van der Waals surface area contributed by atoms with E-state index in [9.17, 15) is 10.1 Å². The number of non-ortho nitro benzene ring substituents is 1. The Hall–Kier alpha value is -2.05. The second-order valence-corrected chi connectivity index (χ2v) is 5.46. The molecule has 0 saturated carbocycles. The number of nitro groups is 1. The molecule has 5 nitrogen and oxygen atoms in total. The van der Waals surface area contributed by atoms with E-state index < -0.39 is 4.92 Å². The predicted molar refractivity (Wildman–Crippen MR) is 82.0 cm³/mol. The van der Waals surface area contributed by atoms with Gasteiger partial charge in [0, 0.05) is 29.1 Å². The lowest BCUT2D eigenvalue weighted by Gasteiger charge is -2.12. The summed E-state index contributed by atoms with van der Waals surface area (Å²) in [5.74, 6) is 1.32. The fourth-order valence-corrected chi connectivity index (χ4v) is 2.41. The largest absolute Gasteiger partial charge is 0.457 e. The summed E-state index contributed by atoms with van der Waals surface area (Å²) in [6.45, 7) is 3.59. The zero-order chi connectivity index (χ0) is 15.4. The van der Waals surface area contributed by atoms with Gasteiger partial charge >= 0.3 is 0 Å². The Morgan fingerprint density at radius 3 is 2.14 bits per heavy atom. The van der Waals surface area contributed by atoms with Crippen LogP contribution in [0.4, 0.5) is 5.69 Å². The number of benzene rings is 2. The molecule has 0 unspecified atom stereocenters. The maximum absolute atomic E-state index is 10.8. The van der Waals surface area contributed by atoms with Crippen LogP contribution in [0.15, 0.2) is 41.3 Å². The minimum absolute atomic E-state index is 0.0733. The maximum atomic E-state index is 10.8. The van der Waals surface area contributed by atoms with Crippen molar-refractivity contribution in [3.63, 3.8) is 0 Å². The molecule has 6 heteroatoms. The van der Waals surface area contributed by atoms with Crippen LogP contribution in [0.5, 0.6) is 11.5 Å². The third kappa shape index (κ3) is 3.74. The van der Waals surface area contributed by atoms with Gasteiger partial charge in [0.25, 0.3) is 5.69 Å². The zero-order valence-electron chi connectivity index (χ0n) is 12.0. The number of hydrogen-bond donors (Lipinski definition) is 0. The number of nitrogens with zero attached hydrogens (tertiary/aromatic N) is 1. The summed E-state index contributed by atoms with van der Waals surface area (Å²) in [5, 5.41) is 10.8. The van der Waals surface area contributed by atoms with Gasteiger partial charge in [0.05, 0.1) is 12.0 Å². The third-order valence-corrected chi connectivity index (χ3v) is 3.51. The van der Waals surface area contributed by atoms with E-state index in [4.69, 9.17) is 8.92 Å². The van der Waals surface area contributed by atoms with Gasteiger partial charge in [0.15, 0.2) is 0 Å². The molecule has 2 aromatic carbocycles. The lowest BCUT2D eigenvalue weighted by atomic mass is 10.1. The molecule has 0 aliphatic rings. The first-order chi connectivity index (χ1) is 10.0. The third-order valence-electron chi connectivity index (χ3n) is 2.88. The molecule has 0 bridgehead atoms. The second-order valence-electron chi connectivity index (χ2n) is 4.49. The Bertz CT molecular complexity index is 632. The minimum atomic E-state index is -0.402. The van der Waals surface area contributed by atoms with Crippen LogP contribution in [-0.4, -0.2) is 12.0 Å². The van der Waals surface area contributed by atoms with Gasteiger partial charge in [-0.15, -0.1) is 0 Å². The molecule has 0 N–H and O–H groups in total. The lowest BCUT2D eigenvalue weighted by Crippen LogP contribution is -1.95. The predicted octanol–water partition coefficient (Wildman–Crippen LogP) is 4.66. The lowest BCUT2D eigenvalue weighted by molar-refractivity contribution is -0.385. The highest BCUT2D eigenvalue weighted by molar-refractivity contribution is 7.94. The topological polar surface area (TPSA) is 61.6 Å². The second kappa shape index (κ2) is 6.60. The van der Waals surface area contributed by atoms with Crippen LogP contribution in [0.3, 0.4) is 0 Å². The summed E-state index contributed by atoms with van der Waals surface area (Å²) in [6, 6.07) is 10.5. The van der Waals surface area contributed by atoms with Crippen LogP contribution in [-0.2, 0) is 4.18 Å². The maximum Gasteiger partial charge on any atom is 0.270 e. The fourth-order valence-electron chi connectivity index (χ4n) is 1.97. The first-order valence-corrected chi connectivity index (χ1v) is 6.99. The van der Waals surface area contributed by atoms with E-state index in [1.807, 2.05) is 24.3 Å². The molecular formula is C15H15NO4S. The molecule has 21 heavy (non-hydrogen) atoms. The van der Waals surface area contributed by atoms with E-state index in [0.29, 0.717) is 11.5 Å². The Labute approximate surface area is 127 Å². The van der Waals surface area contributed by atoms with E-state index in [1.165, 1.54) is 24.2 Å². The van der Waals surface area contributed by atoms with Crippen LogP contribution < -0.4 is 4.74 Å². The number of rotatable bonds is 5. The number of hydrogen-bond acceptors (Lipinski definition) is 5. The Kier molecular flexibility index (Phi) is 4.82. The van der Waals surface area contributed by atoms with Crippen LogP contribution in [0.2, 0.25) is 0 Å². The molecule has 0 fully saturated rings. The molecule has 110 valence electrons. The van der Waals surface area contributed by atoms with Crippen LogP contribution in [0.1, 0.15) is 11.1 Å². The highest BCUT2D eigenvalue weighted by atomic mass is 32.2. The van der Waals surface area contributed by atoms with Gasteiger partial charge in [-0.25, -0.2) is 0 Å². The first-order valence-electron chi connectivity index (χ1n) is 6.25. The van der Waals surface area contributed by atoms with Gasteiger partial charge in [-0.1, -0.05) is 0 Å². The summed E-state index contributed by atoms with van der Waals surface area (Å²) >= 11 is 1.27. The van der Waals surface area contributed by atoms with Crippen LogP contribution >= 0.6 is 12.0 Å². The van der Waals surface area contributed by atoms with Gasteiger partial charge in [-0.3, -0.25) is 10.1 Å². The molecule has 0 aromatic heterocycles. The average molecular weight is 305 g/mol. The quantitative estimate of drug-likeness (QED) is 0.457. The van der Waals surface area contributed by atoms with Gasteiger partial charge in [0.2, 0.25) is 0 Å². The summed E-state index contributed by atoms with van der Waals surface area (Å²) in [7, 11) is 1.61. The van der Waals surface area contributed by atoms with Crippen molar-refractivity contribution in [2.75, 3.05) is 7.11 Å². The van der Waals surface area contributed by atoms with Crippen molar-refractivity contribution in [2.45, 2.75) is 18.7 Å². The van der Waals surface area contributed by atoms with Crippen molar-refractivity contribution in [3.05, 3.63) is 57.6 Å². The Morgan fingerprint density at radius 1 is 1.10 bits per heavy atom. The fraction of sp³-hybridized carbons (Fsp3) is 0.200. The SMILES string of the molecule is COSc1ccc(Oc2c(C)cc([N+](=O)[O-])cc2C)cc1. The van der Waals surface area contributed by atoms with E-state index >= 15 is 0 Å². The van der Waals surface area contributed by atoms with Crippen molar-refractivity contribution >= 4 is 17.7 Å². The Morgan fingerprint density at radius 2 is 1.67 bits per heavy atom. The number of aryl methyl sites for hydroxylation is 2. The summed E-state index contributed by atoms with van der Waals surface area (Å²) in [5.41, 5.74) is 1.54. The summed E-state index contributed by atoms with van der Waals surface area (Å²) < 4.78 is 10.8. The zero-order valence-corrected chi connectivity index (χ0v) is 12.8. The molecule has 2 aromatic rings. The number of nitro benzene ring substituents is 1. The van der Waals surface area contributed by atoms with E-state index in [0.717, 1.165) is 16.0 Å². The molecule has 0 amide bonds. The molecule has 0 aliphatic carbocycles. The first kappa shape index (κ1) is 15.3. The molecule has 0 aliphatic heterocycles. The monoisotopic (exact) mass is 305 g/mol. The molecule has 0 saturated heterocycles. The summed E-state index contributed by atoms with van der Waals surface area (Å²) in [6.07, 6.45) is 0. The number of ether oxygens (including phenoxy) is 1. The van der Waals surface area contributed by atoms with Crippen molar-refractivity contribution < 1.29 is 13.8 Å². The highest BCUT2D eigenvalue weighted by Gasteiger charge is 2.13. The minimum Gasteiger partial charge on any atom is -0.457 e. The van der Waals surface area contributed by atoms with Crippen LogP contribution in [0, 0.1) is 24.0 Å². The van der Waals surface area contributed by atoms with Crippen molar-refractivity contribution in [2.24, 2.45) is 0 Å². The summed E-state index contributed by atoms with van der Waals surface area (Å²) in [4.78, 5) is 11.4. The van der Waals surface area contributed by atoms with Crippen molar-refractivity contribution in [1.29, 1.82) is 0 Å². The van der Waals surface area contributed by atoms with Gasteiger partial charge < -0.3 is 8.92 Å². The Balaban J connectivity index is 2.25. The van der Waals surface area contributed by atoms with Crippen LogP contribution in [0.25, 0.3) is 0 Å². The smallest absolute Gasteiger partial charge is 0.270 e. The van der Waals surface area contributed by atoms with Crippen molar-refractivity contribution in [1.82, 2.24) is 0 Å². The van der Waals surface area contributed by atoms with Gasteiger partial charge in [-0.2, -0.15) is 0 Å². The normalized spacial score (nSPS) is 10.4. The molecule has 2 rings (SSSR count). The molecule has 0 spiro atoms. The molecule has 0 heterocycles. The average Bonchev–Trinajstić information content (AvgIpc) is 2.44. The molecule has 0 atom stereocenters.